The van der Waals surface area contributed by atoms with E-state index in [9.17, 15) is 4.79 Å². The van der Waals surface area contributed by atoms with Crippen molar-refractivity contribution in [2.45, 2.75) is 52.7 Å². The van der Waals surface area contributed by atoms with Gasteiger partial charge in [0.2, 0.25) is 0 Å². The van der Waals surface area contributed by atoms with Gasteiger partial charge in [-0.1, -0.05) is 38.1 Å². The van der Waals surface area contributed by atoms with Crippen molar-refractivity contribution in [1.82, 2.24) is 10.2 Å². The van der Waals surface area contributed by atoms with Crippen LogP contribution in [0.2, 0.25) is 0 Å². The standard InChI is InChI=1S/C19H30N2O2/c1-14(2)12-15-6-8-16(9-7-15)17-13-21(11-10-20-17)18(22)23-19(3,4)5/h6-9,14,17,20H,10-13H2,1-5H3. The molecule has 0 bridgehead atoms. The van der Waals surface area contributed by atoms with Crippen molar-refractivity contribution in [2.24, 2.45) is 5.92 Å². The van der Waals surface area contributed by atoms with Crippen LogP contribution in [0.1, 0.15) is 51.8 Å². The van der Waals surface area contributed by atoms with Crippen LogP contribution in [0.15, 0.2) is 24.3 Å². The molecule has 1 atom stereocenters. The lowest BCUT2D eigenvalue weighted by Crippen LogP contribution is -2.49. The van der Waals surface area contributed by atoms with Crippen molar-refractivity contribution in [2.75, 3.05) is 19.6 Å². The maximum absolute atomic E-state index is 12.2. The molecule has 0 spiro atoms. The fraction of sp³-hybridized carbons (Fsp3) is 0.632. The van der Waals surface area contributed by atoms with Crippen LogP contribution in [0, 0.1) is 5.92 Å². The predicted octanol–water partition coefficient (Wildman–Crippen LogP) is 3.77. The lowest BCUT2D eigenvalue weighted by Gasteiger charge is -2.35. The van der Waals surface area contributed by atoms with Crippen LogP contribution in [0.3, 0.4) is 0 Å². The molecule has 1 aliphatic rings. The summed E-state index contributed by atoms with van der Waals surface area (Å²) in [6.45, 7) is 12.3. The normalized spacial score (nSPS) is 19.0. The van der Waals surface area contributed by atoms with E-state index in [0.717, 1.165) is 13.0 Å². The van der Waals surface area contributed by atoms with E-state index in [4.69, 9.17) is 4.74 Å². The van der Waals surface area contributed by atoms with E-state index in [1.54, 1.807) is 4.90 Å². The number of carbonyl (C=O) groups excluding carboxylic acids is 1. The molecule has 0 saturated carbocycles. The molecule has 0 radical (unpaired) electrons. The Hall–Kier alpha value is -1.55. The number of ether oxygens (including phenoxy) is 1. The molecule has 1 N–H and O–H groups in total. The molecule has 4 heteroatoms. The minimum atomic E-state index is -0.448. The first-order valence-electron chi connectivity index (χ1n) is 8.55. The van der Waals surface area contributed by atoms with Gasteiger partial charge in [0.1, 0.15) is 5.60 Å². The van der Waals surface area contributed by atoms with E-state index >= 15 is 0 Å². The van der Waals surface area contributed by atoms with Crippen LogP contribution in [-0.2, 0) is 11.2 Å². The zero-order chi connectivity index (χ0) is 17.0. The molecular weight excluding hydrogens is 288 g/mol. The summed E-state index contributed by atoms with van der Waals surface area (Å²) < 4.78 is 5.48. The first-order chi connectivity index (χ1) is 10.7. The molecule has 1 unspecified atom stereocenters. The van der Waals surface area contributed by atoms with Crippen molar-refractivity contribution in [3.63, 3.8) is 0 Å². The van der Waals surface area contributed by atoms with Crippen LogP contribution < -0.4 is 5.32 Å². The monoisotopic (exact) mass is 318 g/mol. The average Bonchev–Trinajstić information content (AvgIpc) is 2.46. The van der Waals surface area contributed by atoms with Gasteiger partial charge < -0.3 is 15.0 Å². The summed E-state index contributed by atoms with van der Waals surface area (Å²) in [5, 5.41) is 3.49. The SMILES string of the molecule is CC(C)Cc1ccc(C2CN(C(=O)OC(C)(C)C)CCN2)cc1. The van der Waals surface area contributed by atoms with Gasteiger partial charge in [0.15, 0.2) is 0 Å². The molecule has 4 nitrogen and oxygen atoms in total. The number of rotatable bonds is 3. The van der Waals surface area contributed by atoms with Gasteiger partial charge in [0.25, 0.3) is 0 Å². The summed E-state index contributed by atoms with van der Waals surface area (Å²) in [6, 6.07) is 8.92. The summed E-state index contributed by atoms with van der Waals surface area (Å²) in [7, 11) is 0. The molecule has 128 valence electrons. The number of nitrogens with one attached hydrogen (secondary N) is 1. The van der Waals surface area contributed by atoms with Crippen molar-refractivity contribution in [1.29, 1.82) is 0 Å². The van der Waals surface area contributed by atoms with Crippen LogP contribution in [0.4, 0.5) is 4.79 Å². The Morgan fingerprint density at radius 1 is 1.30 bits per heavy atom. The molecule has 1 heterocycles. The Balaban J connectivity index is 1.99. The lowest BCUT2D eigenvalue weighted by molar-refractivity contribution is 0.0195. The van der Waals surface area contributed by atoms with Crippen molar-refractivity contribution >= 4 is 6.09 Å². The first kappa shape index (κ1) is 17.8. The van der Waals surface area contributed by atoms with Gasteiger partial charge in [0.05, 0.1) is 6.04 Å². The quantitative estimate of drug-likeness (QED) is 0.922. The lowest BCUT2D eigenvalue weighted by atomic mass is 9.98. The smallest absolute Gasteiger partial charge is 0.410 e. The maximum Gasteiger partial charge on any atom is 0.410 e. The van der Waals surface area contributed by atoms with Crippen LogP contribution in [-0.4, -0.2) is 36.2 Å². The summed E-state index contributed by atoms with van der Waals surface area (Å²) in [6.07, 6.45) is 0.878. The van der Waals surface area contributed by atoms with E-state index in [1.807, 2.05) is 20.8 Å². The van der Waals surface area contributed by atoms with Gasteiger partial charge in [-0.3, -0.25) is 0 Å². The minimum Gasteiger partial charge on any atom is -0.444 e. The summed E-state index contributed by atoms with van der Waals surface area (Å²) in [4.78, 5) is 14.0. The Kier molecular flexibility index (Phi) is 5.69. The summed E-state index contributed by atoms with van der Waals surface area (Å²) >= 11 is 0. The molecule has 1 aromatic rings. The number of carbonyl (C=O) groups is 1. The Morgan fingerprint density at radius 2 is 1.96 bits per heavy atom. The average molecular weight is 318 g/mol. The minimum absolute atomic E-state index is 0.171. The van der Waals surface area contributed by atoms with E-state index in [2.05, 4.69) is 43.4 Å². The number of amides is 1. The molecule has 0 aliphatic carbocycles. The van der Waals surface area contributed by atoms with Gasteiger partial charge in [0, 0.05) is 19.6 Å². The fourth-order valence-electron chi connectivity index (χ4n) is 2.82. The third-order valence-electron chi connectivity index (χ3n) is 3.85. The highest BCUT2D eigenvalue weighted by Crippen LogP contribution is 2.20. The number of benzene rings is 1. The molecule has 0 aromatic heterocycles. The molecule has 1 amide bonds. The van der Waals surface area contributed by atoms with Gasteiger partial charge in [-0.15, -0.1) is 0 Å². The van der Waals surface area contributed by atoms with Crippen molar-refractivity contribution in [3.8, 4) is 0 Å². The second-order valence-electron chi connectivity index (χ2n) is 7.77. The van der Waals surface area contributed by atoms with Gasteiger partial charge in [-0.2, -0.15) is 0 Å². The third-order valence-corrected chi connectivity index (χ3v) is 3.85. The molecule has 1 aliphatic heterocycles. The number of hydrogen-bond donors (Lipinski definition) is 1. The zero-order valence-corrected chi connectivity index (χ0v) is 15.1. The largest absolute Gasteiger partial charge is 0.444 e. The van der Waals surface area contributed by atoms with Gasteiger partial charge in [-0.25, -0.2) is 4.79 Å². The number of hydrogen-bond acceptors (Lipinski definition) is 3. The maximum atomic E-state index is 12.2. The van der Waals surface area contributed by atoms with Crippen molar-refractivity contribution < 1.29 is 9.53 Å². The van der Waals surface area contributed by atoms with Crippen LogP contribution >= 0.6 is 0 Å². The van der Waals surface area contributed by atoms with Crippen LogP contribution in [0.5, 0.6) is 0 Å². The fourth-order valence-corrected chi connectivity index (χ4v) is 2.82. The predicted molar refractivity (Wildman–Crippen MR) is 93.5 cm³/mol. The Bertz CT molecular complexity index is 517. The number of piperazine rings is 1. The number of nitrogens with zero attached hydrogens (tertiary/aromatic N) is 1. The van der Waals surface area contributed by atoms with Gasteiger partial charge >= 0.3 is 6.09 Å². The second-order valence-corrected chi connectivity index (χ2v) is 7.77. The highest BCUT2D eigenvalue weighted by Gasteiger charge is 2.27. The first-order valence-corrected chi connectivity index (χ1v) is 8.55. The van der Waals surface area contributed by atoms with Crippen molar-refractivity contribution in [3.05, 3.63) is 35.4 Å². The molecule has 1 saturated heterocycles. The van der Waals surface area contributed by atoms with Gasteiger partial charge in [-0.05, 0) is 44.2 Å². The molecule has 1 fully saturated rings. The highest BCUT2D eigenvalue weighted by molar-refractivity contribution is 5.68. The molecule has 23 heavy (non-hydrogen) atoms. The second kappa shape index (κ2) is 7.35. The Labute approximate surface area is 140 Å². The van der Waals surface area contributed by atoms with E-state index in [0.29, 0.717) is 19.0 Å². The van der Waals surface area contributed by atoms with Crippen LogP contribution in [0.25, 0.3) is 0 Å². The molecular formula is C19H30N2O2. The molecule has 2 rings (SSSR count). The third kappa shape index (κ3) is 5.54. The van der Waals surface area contributed by atoms with E-state index < -0.39 is 5.60 Å². The highest BCUT2D eigenvalue weighted by atomic mass is 16.6. The molecule has 1 aromatic carbocycles. The van der Waals surface area contributed by atoms with E-state index in [1.165, 1.54) is 11.1 Å². The van der Waals surface area contributed by atoms with E-state index in [-0.39, 0.29) is 12.1 Å². The summed E-state index contributed by atoms with van der Waals surface area (Å²) in [5.41, 5.74) is 2.14. The topological polar surface area (TPSA) is 41.6 Å². The zero-order valence-electron chi connectivity index (χ0n) is 15.1. The Morgan fingerprint density at radius 3 is 2.52 bits per heavy atom. The summed E-state index contributed by atoms with van der Waals surface area (Å²) in [5.74, 6) is 0.663.